The molecule has 0 fully saturated rings. The molecule has 0 saturated heterocycles. The molecular formula is C24H38N10O8. The van der Waals surface area contributed by atoms with Crippen molar-refractivity contribution in [2.75, 3.05) is 19.6 Å². The monoisotopic (exact) mass is 594 g/mol. The molecule has 2 atom stereocenters. The summed E-state index contributed by atoms with van der Waals surface area (Å²) in [5.74, 6) is -0.0728. The van der Waals surface area contributed by atoms with Crippen LogP contribution in [-0.2, 0) is 41.7 Å². The summed E-state index contributed by atoms with van der Waals surface area (Å²) in [6, 6.07) is -2.13. The van der Waals surface area contributed by atoms with Crippen LogP contribution in [0.25, 0.3) is 10.4 Å². The third-order valence-corrected chi connectivity index (χ3v) is 4.65. The zero-order valence-electron chi connectivity index (χ0n) is 23.6. The van der Waals surface area contributed by atoms with Crippen molar-refractivity contribution in [3.05, 3.63) is 22.3 Å². The highest BCUT2D eigenvalue weighted by atomic mass is 16.4. The summed E-state index contributed by atoms with van der Waals surface area (Å²) >= 11 is 0. The number of carbonyl (C=O) groups excluding carboxylic acids is 4. The van der Waals surface area contributed by atoms with Gasteiger partial charge in [-0.3, -0.25) is 33.4 Å². The van der Waals surface area contributed by atoms with Gasteiger partial charge in [-0.15, -0.1) is 17.4 Å². The molecule has 0 saturated carbocycles. The van der Waals surface area contributed by atoms with Gasteiger partial charge < -0.3 is 32.3 Å². The number of carboxylic acids is 2. The van der Waals surface area contributed by atoms with Crippen molar-refractivity contribution >= 4 is 35.3 Å². The molecule has 0 aromatic carbocycles. The van der Waals surface area contributed by atoms with E-state index in [1.807, 2.05) is 0 Å². The van der Waals surface area contributed by atoms with Crippen molar-refractivity contribution in [2.24, 2.45) is 16.6 Å². The van der Waals surface area contributed by atoms with Crippen LogP contribution in [-0.4, -0.2) is 92.2 Å². The number of aromatic nitrogens is 3. The van der Waals surface area contributed by atoms with Crippen molar-refractivity contribution in [3.63, 3.8) is 0 Å². The van der Waals surface area contributed by atoms with Crippen molar-refractivity contribution in [1.29, 1.82) is 0 Å². The Morgan fingerprint density at radius 2 is 1.52 bits per heavy atom. The molecule has 18 nitrogen and oxygen atoms in total. The van der Waals surface area contributed by atoms with E-state index in [1.165, 1.54) is 18.5 Å². The lowest BCUT2D eigenvalue weighted by Gasteiger charge is -2.04. The molecule has 18 heteroatoms. The van der Waals surface area contributed by atoms with Gasteiger partial charge in [-0.2, -0.15) is 0 Å². The van der Waals surface area contributed by atoms with Crippen molar-refractivity contribution < 1.29 is 39.0 Å². The third-order valence-electron chi connectivity index (χ3n) is 4.65. The largest absolute Gasteiger partial charge is 0.480 e. The van der Waals surface area contributed by atoms with Gasteiger partial charge in [-0.25, -0.2) is 0 Å². The minimum absolute atomic E-state index is 0.0210. The van der Waals surface area contributed by atoms with E-state index in [2.05, 4.69) is 36.9 Å². The number of terminal acetylenes is 1. The molecule has 1 aromatic rings. The fraction of sp³-hybridized carbons (Fsp3) is 0.583. The summed E-state index contributed by atoms with van der Waals surface area (Å²) in [5, 5.41) is 32.6. The van der Waals surface area contributed by atoms with Crippen molar-refractivity contribution in [2.45, 2.75) is 71.0 Å². The van der Waals surface area contributed by atoms with Crippen LogP contribution in [0.4, 0.5) is 0 Å². The van der Waals surface area contributed by atoms with Crippen LogP contribution in [0.3, 0.4) is 0 Å². The molecule has 0 radical (unpaired) electrons. The quantitative estimate of drug-likeness (QED) is 0.0543. The summed E-state index contributed by atoms with van der Waals surface area (Å²) in [4.78, 5) is 66.4. The molecule has 0 aliphatic heterocycles. The summed E-state index contributed by atoms with van der Waals surface area (Å²) in [7, 11) is 0. The lowest BCUT2D eigenvalue weighted by Crippen LogP contribution is -2.34. The van der Waals surface area contributed by atoms with Crippen LogP contribution < -0.4 is 22.1 Å². The average Bonchev–Trinajstić information content (AvgIpc) is 3.36. The highest BCUT2D eigenvalue weighted by Gasteiger charge is 2.13. The Kier molecular flexibility index (Phi) is 22.4. The smallest absolute Gasteiger partial charge is 0.322 e. The second-order valence-corrected chi connectivity index (χ2v) is 8.54. The first kappa shape index (κ1) is 39.3. The SMILES string of the molecule is C#CCCC(=O)NCCC(C)=O.CC(=O)CCNC(=O)CCc1cn(CC(N)C(=O)O)nn1.[N-]=[N+]=NCC(N)C(=O)O. The normalized spacial score (nSPS) is 10.9. The number of carbonyl (C=O) groups is 6. The number of Topliss-reactive ketones (excluding diaryl/α,β-unsaturated/α-hetero) is 2. The van der Waals surface area contributed by atoms with E-state index in [0.717, 1.165) is 0 Å². The standard InChI is InChI=1S/C12H19N5O4.C9H13NO2.C3H6N4O2/c1-8(18)4-5-14-11(19)3-2-9-6-17(16-15-9)7-10(13)12(20)21;1-3-4-5-9(12)10-7-6-8(2)11;4-2(3(8)9)1-6-7-5/h6,10H,2-5,7,13H2,1H3,(H,14,19)(H,20,21);1H,4-7H2,2H3,(H,10,12);2H,1,4H2,(H,8,9). The molecule has 1 heterocycles. The number of ketones is 2. The number of aliphatic carboxylic acids is 2. The lowest BCUT2D eigenvalue weighted by atomic mass is 10.2. The summed E-state index contributed by atoms with van der Waals surface area (Å²) in [6.45, 7) is 3.52. The number of nitrogens with two attached hydrogens (primary N) is 2. The molecule has 0 bridgehead atoms. The van der Waals surface area contributed by atoms with Crippen LogP contribution in [0, 0.1) is 12.3 Å². The Labute approximate surface area is 242 Å². The van der Waals surface area contributed by atoms with Crippen molar-refractivity contribution in [3.8, 4) is 12.3 Å². The van der Waals surface area contributed by atoms with Crippen LogP contribution in [0.2, 0.25) is 0 Å². The summed E-state index contributed by atoms with van der Waals surface area (Å²) < 4.78 is 1.34. The van der Waals surface area contributed by atoms with Gasteiger partial charge >= 0.3 is 11.9 Å². The molecule has 0 aliphatic carbocycles. The Morgan fingerprint density at radius 3 is 1.98 bits per heavy atom. The molecule has 1 rings (SSSR count). The van der Waals surface area contributed by atoms with Crippen LogP contribution in [0.15, 0.2) is 11.3 Å². The van der Waals surface area contributed by atoms with Gasteiger partial charge in [0.15, 0.2) is 0 Å². The van der Waals surface area contributed by atoms with Crippen LogP contribution in [0.5, 0.6) is 0 Å². The predicted octanol–water partition coefficient (Wildman–Crippen LogP) is -1.08. The van der Waals surface area contributed by atoms with E-state index < -0.39 is 24.0 Å². The second-order valence-electron chi connectivity index (χ2n) is 8.54. The van der Waals surface area contributed by atoms with Crippen molar-refractivity contribution in [1.82, 2.24) is 25.6 Å². The molecule has 2 unspecified atom stereocenters. The van der Waals surface area contributed by atoms with E-state index in [9.17, 15) is 28.8 Å². The molecule has 1 aromatic heterocycles. The number of rotatable bonds is 17. The molecule has 0 spiro atoms. The Hall–Kier alpha value is -4.85. The minimum atomic E-state index is -1.16. The fourth-order valence-electron chi connectivity index (χ4n) is 2.38. The Morgan fingerprint density at radius 1 is 1.00 bits per heavy atom. The Balaban J connectivity index is 0. The number of nitrogens with one attached hydrogen (secondary N) is 2. The first-order chi connectivity index (χ1) is 19.7. The maximum Gasteiger partial charge on any atom is 0.322 e. The average molecular weight is 595 g/mol. The maximum atomic E-state index is 11.5. The number of aryl methyl sites for hydroxylation is 1. The minimum Gasteiger partial charge on any atom is -0.480 e. The second kappa shape index (κ2) is 24.0. The number of azide groups is 1. The van der Waals surface area contributed by atoms with E-state index >= 15 is 0 Å². The molecule has 42 heavy (non-hydrogen) atoms. The fourth-order valence-corrected chi connectivity index (χ4v) is 2.38. The van der Waals surface area contributed by atoms with Crippen LogP contribution in [0.1, 0.15) is 51.6 Å². The van der Waals surface area contributed by atoms with Gasteiger partial charge in [0.05, 0.1) is 18.8 Å². The zero-order valence-corrected chi connectivity index (χ0v) is 23.6. The lowest BCUT2D eigenvalue weighted by molar-refractivity contribution is -0.139. The van der Waals surface area contributed by atoms with Gasteiger partial charge in [0.1, 0.15) is 23.7 Å². The zero-order chi connectivity index (χ0) is 32.5. The van der Waals surface area contributed by atoms with E-state index in [-0.39, 0.29) is 42.9 Å². The predicted molar refractivity (Wildman–Crippen MR) is 148 cm³/mol. The molecule has 8 N–H and O–H groups in total. The number of hydrogen-bond donors (Lipinski definition) is 6. The Bertz CT molecular complexity index is 1120. The number of amides is 2. The van der Waals surface area contributed by atoms with Gasteiger partial charge in [0.2, 0.25) is 11.8 Å². The van der Waals surface area contributed by atoms with Gasteiger partial charge in [0, 0.05) is 62.7 Å². The number of carboxylic acid groups (broad SMARTS) is 2. The molecule has 232 valence electrons. The third kappa shape index (κ3) is 24.2. The highest BCUT2D eigenvalue weighted by Crippen LogP contribution is 1.99. The first-order valence-electron chi connectivity index (χ1n) is 12.6. The first-order valence-corrected chi connectivity index (χ1v) is 12.6. The van der Waals surface area contributed by atoms with Gasteiger partial charge in [-0.05, 0) is 19.4 Å². The number of nitrogens with zero attached hydrogens (tertiary/aromatic N) is 6. The summed E-state index contributed by atoms with van der Waals surface area (Å²) in [5.41, 5.74) is 18.6. The molecular weight excluding hydrogens is 556 g/mol. The van der Waals surface area contributed by atoms with E-state index in [0.29, 0.717) is 50.9 Å². The highest BCUT2D eigenvalue weighted by molar-refractivity contribution is 5.79. The number of hydrogen-bond acceptors (Lipinski definition) is 11. The van der Waals surface area contributed by atoms with Gasteiger partial charge in [-0.1, -0.05) is 10.3 Å². The van der Waals surface area contributed by atoms with Crippen LogP contribution >= 0.6 is 0 Å². The summed E-state index contributed by atoms with van der Waals surface area (Å²) in [6.07, 6.45) is 8.63. The topological polar surface area (TPSA) is 298 Å². The molecule has 2 amide bonds. The molecule has 0 aliphatic rings. The van der Waals surface area contributed by atoms with Gasteiger partial charge in [0.25, 0.3) is 0 Å². The van der Waals surface area contributed by atoms with E-state index in [1.54, 1.807) is 6.20 Å². The maximum absolute atomic E-state index is 11.5. The van der Waals surface area contributed by atoms with E-state index in [4.69, 9.17) is 33.6 Å².